The van der Waals surface area contributed by atoms with E-state index in [1.807, 2.05) is 62.5 Å². The van der Waals surface area contributed by atoms with Crippen LogP contribution in [-0.2, 0) is 6.54 Å². The van der Waals surface area contributed by atoms with Crippen LogP contribution in [0.15, 0.2) is 79.6 Å². The Bertz CT molecular complexity index is 819. The molecule has 2 aromatic carbocycles. The van der Waals surface area contributed by atoms with Gasteiger partial charge in [0.1, 0.15) is 5.82 Å². The fraction of sp³-hybridized carbons (Fsp3) is 0.136. The van der Waals surface area contributed by atoms with E-state index in [1.54, 1.807) is 18.3 Å². The van der Waals surface area contributed by atoms with Crippen molar-refractivity contribution in [2.45, 2.75) is 20.4 Å². The summed E-state index contributed by atoms with van der Waals surface area (Å²) in [5.41, 5.74) is 4.89. The molecule has 0 saturated carbocycles. The maximum atomic E-state index is 13.5. The van der Waals surface area contributed by atoms with Gasteiger partial charge in [0.15, 0.2) is 0 Å². The van der Waals surface area contributed by atoms with Gasteiger partial charge in [0, 0.05) is 31.6 Å². The summed E-state index contributed by atoms with van der Waals surface area (Å²) >= 11 is 0. The largest absolute Gasteiger partial charge is 0.381 e. The van der Waals surface area contributed by atoms with Crippen LogP contribution in [0.1, 0.15) is 23.7 Å². The molecule has 0 fully saturated rings. The smallest absolute Gasteiger partial charge is 0.128 e. The van der Waals surface area contributed by atoms with Crippen LogP contribution in [-0.4, -0.2) is 4.98 Å². The number of nitrogens with one attached hydrogen (secondary N) is 1. The molecule has 3 heteroatoms. The lowest BCUT2D eigenvalue weighted by Crippen LogP contribution is -2.12. The normalized spacial score (nSPS) is 9.72. The lowest BCUT2D eigenvalue weighted by molar-refractivity contribution is 0.605. The van der Waals surface area contributed by atoms with E-state index in [-0.39, 0.29) is 7.24 Å². The number of hydrogen-bond acceptors (Lipinski definition) is 2. The Morgan fingerprint density at radius 2 is 1.76 bits per heavy atom. The molecule has 3 rings (SSSR count). The monoisotopic (exact) mass is 336 g/mol. The summed E-state index contributed by atoms with van der Waals surface area (Å²) < 4.78 is 13.5. The zero-order valence-electron chi connectivity index (χ0n) is 14.7. The molecule has 0 saturated heterocycles. The van der Waals surface area contributed by atoms with Crippen LogP contribution in [0.5, 0.6) is 0 Å². The van der Waals surface area contributed by atoms with Crippen molar-refractivity contribution in [3.63, 3.8) is 0 Å². The molecule has 1 aromatic heterocycles. The van der Waals surface area contributed by atoms with Gasteiger partial charge in [-0.2, -0.15) is 0 Å². The Morgan fingerprint density at radius 3 is 2.36 bits per heavy atom. The van der Waals surface area contributed by atoms with Crippen molar-refractivity contribution < 1.29 is 5.82 Å². The minimum absolute atomic E-state index is 0. The maximum Gasteiger partial charge on any atom is 0.128 e. The first-order chi connectivity index (χ1) is 12.1. The highest BCUT2D eigenvalue weighted by Crippen LogP contribution is 2.15. The number of halogens is 1. The molecule has 0 aliphatic rings. The standard InChI is InChI=1S/C16H16FN.C6H7N.H2/c1-12-7-3-5-9-15(12)13(2)18-11-14-8-4-6-10-16(14)17;1-6-3-2-4-7-5-6;/h3-10,18H,2,11H2,1H3;2-5H,1H3;1H. The zero-order valence-corrected chi connectivity index (χ0v) is 14.7. The summed E-state index contributed by atoms with van der Waals surface area (Å²) in [6.07, 6.45) is 3.60. The van der Waals surface area contributed by atoms with Crippen LogP contribution >= 0.6 is 0 Å². The first-order valence-corrected chi connectivity index (χ1v) is 8.16. The van der Waals surface area contributed by atoms with E-state index >= 15 is 0 Å². The van der Waals surface area contributed by atoms with Gasteiger partial charge in [0.05, 0.1) is 0 Å². The van der Waals surface area contributed by atoms with Gasteiger partial charge >= 0.3 is 0 Å². The van der Waals surface area contributed by atoms with Crippen LogP contribution in [0.3, 0.4) is 0 Å². The highest BCUT2D eigenvalue weighted by molar-refractivity contribution is 5.64. The van der Waals surface area contributed by atoms with Gasteiger partial charge in [-0.15, -0.1) is 0 Å². The van der Waals surface area contributed by atoms with Crippen molar-refractivity contribution >= 4 is 5.70 Å². The molecule has 130 valence electrons. The molecule has 0 atom stereocenters. The quantitative estimate of drug-likeness (QED) is 0.677. The third-order valence-corrected chi connectivity index (χ3v) is 3.73. The summed E-state index contributed by atoms with van der Waals surface area (Å²) in [5, 5.41) is 3.16. The van der Waals surface area contributed by atoms with Gasteiger partial charge in [-0.25, -0.2) is 4.39 Å². The second kappa shape index (κ2) is 9.38. The van der Waals surface area contributed by atoms with Crippen LogP contribution in [0, 0.1) is 19.7 Å². The van der Waals surface area contributed by atoms with E-state index in [1.165, 1.54) is 11.6 Å². The number of pyridine rings is 1. The summed E-state index contributed by atoms with van der Waals surface area (Å²) in [7, 11) is 0. The highest BCUT2D eigenvalue weighted by Gasteiger charge is 2.04. The van der Waals surface area contributed by atoms with Crippen molar-refractivity contribution in [2.24, 2.45) is 0 Å². The predicted octanol–water partition coefficient (Wildman–Crippen LogP) is 5.53. The van der Waals surface area contributed by atoms with Gasteiger partial charge in [0.2, 0.25) is 0 Å². The van der Waals surface area contributed by atoms with Crippen molar-refractivity contribution in [3.05, 3.63) is 108 Å². The maximum absolute atomic E-state index is 13.5. The molecular weight excluding hydrogens is 311 g/mol. The summed E-state index contributed by atoms with van der Waals surface area (Å²) in [4.78, 5) is 3.88. The molecule has 0 bridgehead atoms. The predicted molar refractivity (Wildman–Crippen MR) is 105 cm³/mol. The molecule has 1 heterocycles. The lowest BCUT2D eigenvalue weighted by Gasteiger charge is -2.12. The first kappa shape index (κ1) is 18.4. The van der Waals surface area contributed by atoms with Gasteiger partial charge in [-0.3, -0.25) is 4.98 Å². The Morgan fingerprint density at radius 1 is 1.04 bits per heavy atom. The van der Waals surface area contributed by atoms with Gasteiger partial charge in [-0.05, 0) is 42.7 Å². The molecule has 25 heavy (non-hydrogen) atoms. The Balaban J connectivity index is 0.000000357. The number of rotatable bonds is 4. The molecule has 0 radical (unpaired) electrons. The fourth-order valence-corrected chi connectivity index (χ4v) is 2.30. The number of aryl methyl sites for hydroxylation is 2. The van der Waals surface area contributed by atoms with E-state index in [0.29, 0.717) is 12.1 Å². The minimum atomic E-state index is -0.192. The molecule has 0 unspecified atom stereocenters. The Kier molecular flexibility index (Phi) is 6.90. The highest BCUT2D eigenvalue weighted by atomic mass is 19.1. The minimum Gasteiger partial charge on any atom is -0.381 e. The van der Waals surface area contributed by atoms with E-state index in [2.05, 4.69) is 16.9 Å². The molecule has 3 aromatic rings. The first-order valence-electron chi connectivity index (χ1n) is 8.16. The lowest BCUT2D eigenvalue weighted by atomic mass is 10.1. The van der Waals surface area contributed by atoms with Crippen LogP contribution in [0.4, 0.5) is 4.39 Å². The third kappa shape index (κ3) is 5.88. The number of nitrogens with zero attached hydrogens (tertiary/aromatic N) is 1. The van der Waals surface area contributed by atoms with Crippen molar-refractivity contribution in [3.8, 4) is 0 Å². The molecular formula is C22H25FN2. The molecule has 0 amide bonds. The molecule has 0 aliphatic carbocycles. The van der Waals surface area contributed by atoms with Crippen molar-refractivity contribution in [1.82, 2.24) is 10.3 Å². The van der Waals surface area contributed by atoms with Crippen LogP contribution < -0.4 is 5.32 Å². The second-order valence-corrected chi connectivity index (χ2v) is 5.77. The van der Waals surface area contributed by atoms with E-state index in [9.17, 15) is 4.39 Å². The molecule has 0 spiro atoms. The summed E-state index contributed by atoms with van der Waals surface area (Å²) in [5.74, 6) is -0.192. The van der Waals surface area contributed by atoms with Crippen molar-refractivity contribution in [2.75, 3.05) is 0 Å². The number of benzene rings is 2. The fourth-order valence-electron chi connectivity index (χ4n) is 2.30. The zero-order chi connectivity index (χ0) is 18.1. The second-order valence-electron chi connectivity index (χ2n) is 5.77. The SMILES string of the molecule is C=C(NCc1ccccc1F)c1ccccc1C.Cc1cccnc1.[HH]. The van der Waals surface area contributed by atoms with Gasteiger partial charge in [-0.1, -0.05) is 55.1 Å². The van der Waals surface area contributed by atoms with Crippen LogP contribution in [0.25, 0.3) is 5.70 Å². The Labute approximate surface area is 150 Å². The van der Waals surface area contributed by atoms with E-state index in [0.717, 1.165) is 16.8 Å². The third-order valence-electron chi connectivity index (χ3n) is 3.73. The number of aromatic nitrogens is 1. The topological polar surface area (TPSA) is 24.9 Å². The van der Waals surface area contributed by atoms with Gasteiger partial charge in [0.25, 0.3) is 0 Å². The average molecular weight is 336 g/mol. The van der Waals surface area contributed by atoms with Crippen molar-refractivity contribution in [1.29, 1.82) is 0 Å². The van der Waals surface area contributed by atoms with E-state index < -0.39 is 0 Å². The summed E-state index contributed by atoms with van der Waals surface area (Å²) in [6, 6.07) is 18.7. The summed E-state index contributed by atoms with van der Waals surface area (Å²) in [6.45, 7) is 8.50. The Hall–Kier alpha value is -2.94. The average Bonchev–Trinajstić information content (AvgIpc) is 2.62. The molecule has 0 aliphatic heterocycles. The van der Waals surface area contributed by atoms with Gasteiger partial charge < -0.3 is 5.32 Å². The molecule has 1 N–H and O–H groups in total. The number of hydrogen-bond donors (Lipinski definition) is 1. The molecule has 2 nitrogen and oxygen atoms in total. The van der Waals surface area contributed by atoms with E-state index in [4.69, 9.17) is 0 Å². The van der Waals surface area contributed by atoms with Crippen LogP contribution in [0.2, 0.25) is 0 Å².